The molecule has 0 saturated carbocycles. The average molecular weight is 445 g/mol. The topological polar surface area (TPSA) is 36.9 Å². The second-order valence-corrected chi connectivity index (χ2v) is 7.40. The van der Waals surface area contributed by atoms with Crippen molar-refractivity contribution in [1.29, 1.82) is 0 Å². The smallest absolute Gasteiger partial charge is 0.194 e. The molecule has 1 saturated heterocycles. The summed E-state index contributed by atoms with van der Waals surface area (Å²) in [4.78, 5) is 7.27. The largest absolute Gasteiger partial charge is 0.380 e. The zero-order valence-corrected chi connectivity index (χ0v) is 18.2. The zero-order chi connectivity index (χ0) is 17.1. The summed E-state index contributed by atoms with van der Waals surface area (Å²) >= 11 is 0. The van der Waals surface area contributed by atoms with Gasteiger partial charge >= 0.3 is 0 Å². The minimum atomic E-state index is 0. The third-order valence-electron chi connectivity index (χ3n) is 5.29. The molecule has 24 heavy (non-hydrogen) atoms. The van der Waals surface area contributed by atoms with Crippen LogP contribution in [0.1, 0.15) is 45.7 Å². The van der Waals surface area contributed by atoms with Crippen LogP contribution in [0.25, 0.3) is 0 Å². The number of hydrogen-bond acceptors (Lipinski definition) is 2. The Hall–Kier alpha value is -0.820. The first kappa shape index (κ1) is 21.2. The number of guanidine groups is 1. The van der Waals surface area contributed by atoms with E-state index in [0.29, 0.717) is 18.6 Å². The summed E-state index contributed by atoms with van der Waals surface area (Å²) in [6, 6.07) is 8.35. The molecular weight excluding hydrogens is 413 g/mol. The van der Waals surface area contributed by atoms with Gasteiger partial charge < -0.3 is 15.0 Å². The summed E-state index contributed by atoms with van der Waals surface area (Å²) in [5.41, 5.74) is 2.84. The number of nitrogens with one attached hydrogen (secondary N) is 1. The standard InChI is InChI=1S/C19H31N3O.HI/c1-7-20-17(22-14-18(2,3)19(22,4)5)21-12-15-10-8-9-11-16(15)13-23-6;/h8-11H,7,12-14H2,1-6H3,(H,20,21);1H. The second-order valence-electron chi connectivity index (χ2n) is 7.40. The van der Waals surface area contributed by atoms with Gasteiger partial charge in [-0.15, -0.1) is 24.0 Å². The average Bonchev–Trinajstić information content (AvgIpc) is 2.51. The lowest BCUT2D eigenvalue weighted by Crippen LogP contribution is -2.72. The fourth-order valence-electron chi connectivity index (χ4n) is 2.96. The third kappa shape index (κ3) is 4.23. The van der Waals surface area contributed by atoms with Gasteiger partial charge in [0.1, 0.15) is 0 Å². The van der Waals surface area contributed by atoms with Crippen molar-refractivity contribution in [3.8, 4) is 0 Å². The molecule has 1 aromatic carbocycles. The van der Waals surface area contributed by atoms with Gasteiger partial charge in [-0.3, -0.25) is 0 Å². The summed E-state index contributed by atoms with van der Waals surface area (Å²) in [6.45, 7) is 14.6. The molecule has 1 aliphatic heterocycles. The molecule has 5 heteroatoms. The van der Waals surface area contributed by atoms with E-state index in [9.17, 15) is 0 Å². The van der Waals surface area contributed by atoms with E-state index in [4.69, 9.17) is 9.73 Å². The monoisotopic (exact) mass is 445 g/mol. The van der Waals surface area contributed by atoms with Crippen LogP contribution in [0.15, 0.2) is 29.3 Å². The van der Waals surface area contributed by atoms with Crippen molar-refractivity contribution in [1.82, 2.24) is 10.2 Å². The first-order valence-electron chi connectivity index (χ1n) is 8.45. The Morgan fingerprint density at radius 1 is 1.21 bits per heavy atom. The Kier molecular flexibility index (Phi) is 7.53. The highest BCUT2D eigenvalue weighted by atomic mass is 127. The maximum Gasteiger partial charge on any atom is 0.194 e. The van der Waals surface area contributed by atoms with Gasteiger partial charge in [-0.1, -0.05) is 38.1 Å². The Balaban J connectivity index is 0.00000288. The fourth-order valence-corrected chi connectivity index (χ4v) is 2.96. The van der Waals surface area contributed by atoms with Crippen LogP contribution in [0.2, 0.25) is 0 Å². The summed E-state index contributed by atoms with van der Waals surface area (Å²) < 4.78 is 5.29. The highest BCUT2D eigenvalue weighted by Gasteiger charge is 2.53. The van der Waals surface area contributed by atoms with Crippen LogP contribution in [-0.4, -0.2) is 36.6 Å². The van der Waals surface area contributed by atoms with E-state index in [2.05, 4.69) is 63.0 Å². The quantitative estimate of drug-likeness (QED) is 0.423. The lowest BCUT2D eigenvalue weighted by molar-refractivity contribution is -0.0667. The van der Waals surface area contributed by atoms with Crippen LogP contribution >= 0.6 is 24.0 Å². The van der Waals surface area contributed by atoms with Crippen LogP contribution in [0.3, 0.4) is 0 Å². The second kappa shape index (κ2) is 8.52. The maximum atomic E-state index is 5.29. The van der Waals surface area contributed by atoms with Crippen LogP contribution in [0.5, 0.6) is 0 Å². The molecule has 0 atom stereocenters. The van der Waals surface area contributed by atoms with Crippen molar-refractivity contribution in [3.05, 3.63) is 35.4 Å². The Bertz CT molecular complexity index is 569. The highest BCUT2D eigenvalue weighted by Crippen LogP contribution is 2.46. The number of hydrogen-bond donors (Lipinski definition) is 1. The minimum absolute atomic E-state index is 0. The van der Waals surface area contributed by atoms with Crippen molar-refractivity contribution in [2.75, 3.05) is 20.2 Å². The van der Waals surface area contributed by atoms with E-state index in [1.807, 2.05) is 6.07 Å². The van der Waals surface area contributed by atoms with Gasteiger partial charge in [-0.25, -0.2) is 4.99 Å². The number of ether oxygens (including phenoxy) is 1. The molecule has 0 unspecified atom stereocenters. The molecule has 0 spiro atoms. The van der Waals surface area contributed by atoms with E-state index in [1.165, 1.54) is 11.1 Å². The molecule has 1 aliphatic rings. The summed E-state index contributed by atoms with van der Waals surface area (Å²) in [7, 11) is 1.73. The summed E-state index contributed by atoms with van der Waals surface area (Å²) in [5.74, 6) is 1.00. The van der Waals surface area contributed by atoms with Crippen LogP contribution in [0, 0.1) is 5.41 Å². The molecule has 1 aromatic rings. The van der Waals surface area contributed by atoms with Gasteiger partial charge in [0, 0.05) is 31.2 Å². The first-order chi connectivity index (χ1) is 10.8. The van der Waals surface area contributed by atoms with Gasteiger partial charge in [0.25, 0.3) is 0 Å². The summed E-state index contributed by atoms with van der Waals surface area (Å²) in [6.07, 6.45) is 0. The van der Waals surface area contributed by atoms with E-state index in [1.54, 1.807) is 7.11 Å². The predicted molar refractivity (Wildman–Crippen MR) is 112 cm³/mol. The normalized spacial score (nSPS) is 18.6. The van der Waals surface area contributed by atoms with Gasteiger partial charge in [0.15, 0.2) is 5.96 Å². The molecule has 1 N–H and O–H groups in total. The SMILES string of the molecule is CCNC(=NCc1ccccc1COC)N1CC(C)(C)C1(C)C.I. The molecule has 1 heterocycles. The number of nitrogens with zero attached hydrogens (tertiary/aromatic N) is 2. The Labute approximate surface area is 164 Å². The van der Waals surface area contributed by atoms with Crippen LogP contribution in [0.4, 0.5) is 0 Å². The highest BCUT2D eigenvalue weighted by molar-refractivity contribution is 14.0. The van der Waals surface area contributed by atoms with E-state index in [-0.39, 0.29) is 29.5 Å². The van der Waals surface area contributed by atoms with Crippen molar-refractivity contribution < 1.29 is 4.74 Å². The van der Waals surface area contributed by atoms with Crippen molar-refractivity contribution in [2.24, 2.45) is 10.4 Å². The number of rotatable bonds is 5. The minimum Gasteiger partial charge on any atom is -0.380 e. The molecule has 0 radical (unpaired) electrons. The summed E-state index contributed by atoms with van der Waals surface area (Å²) in [5, 5.41) is 3.44. The van der Waals surface area contributed by atoms with Gasteiger partial charge in [0.2, 0.25) is 0 Å². The third-order valence-corrected chi connectivity index (χ3v) is 5.29. The van der Waals surface area contributed by atoms with Crippen molar-refractivity contribution >= 4 is 29.9 Å². The van der Waals surface area contributed by atoms with E-state index >= 15 is 0 Å². The number of methoxy groups -OCH3 is 1. The Morgan fingerprint density at radius 2 is 1.83 bits per heavy atom. The molecule has 0 bridgehead atoms. The molecule has 136 valence electrons. The molecular formula is C19H32IN3O. The van der Waals surface area contributed by atoms with E-state index in [0.717, 1.165) is 19.0 Å². The predicted octanol–water partition coefficient (Wildman–Crippen LogP) is 4.04. The fraction of sp³-hybridized carbons (Fsp3) is 0.632. The van der Waals surface area contributed by atoms with Crippen molar-refractivity contribution in [2.45, 2.75) is 53.3 Å². The molecule has 0 aromatic heterocycles. The van der Waals surface area contributed by atoms with Gasteiger partial charge in [-0.05, 0) is 31.9 Å². The number of aliphatic imine (C=N–C) groups is 1. The van der Waals surface area contributed by atoms with Crippen molar-refractivity contribution in [3.63, 3.8) is 0 Å². The molecule has 0 aliphatic carbocycles. The van der Waals surface area contributed by atoms with Crippen LogP contribution < -0.4 is 5.32 Å². The molecule has 1 fully saturated rings. The van der Waals surface area contributed by atoms with Crippen LogP contribution in [-0.2, 0) is 17.9 Å². The number of benzene rings is 1. The molecule has 0 amide bonds. The van der Waals surface area contributed by atoms with Gasteiger partial charge in [0.05, 0.1) is 13.2 Å². The maximum absolute atomic E-state index is 5.29. The number of halogens is 1. The first-order valence-corrected chi connectivity index (χ1v) is 8.45. The lowest BCUT2D eigenvalue weighted by atomic mass is 9.65. The zero-order valence-electron chi connectivity index (χ0n) is 15.8. The van der Waals surface area contributed by atoms with E-state index < -0.39 is 0 Å². The molecule has 4 nitrogen and oxygen atoms in total. The Morgan fingerprint density at radius 3 is 2.33 bits per heavy atom. The molecule has 2 rings (SSSR count). The lowest BCUT2D eigenvalue weighted by Gasteiger charge is -2.62. The van der Waals surface area contributed by atoms with Gasteiger partial charge in [-0.2, -0.15) is 0 Å². The number of likely N-dealkylation sites (tertiary alicyclic amines) is 1.